The zero-order chi connectivity index (χ0) is 15.1. The second-order valence-corrected chi connectivity index (χ2v) is 4.26. The number of methoxy groups -OCH3 is 1. The maximum atomic E-state index is 11.7. The number of carbonyl (C=O) groups is 2. The number of benzene rings is 1. The van der Waals surface area contributed by atoms with Gasteiger partial charge in [0.25, 0.3) is 0 Å². The van der Waals surface area contributed by atoms with Gasteiger partial charge in [-0.15, -0.1) is 0 Å². The molecular weight excluding hydrogens is 262 g/mol. The fraction of sp³-hybridized carbons (Fsp3) is 0.385. The molecule has 7 heteroatoms. The zero-order valence-electron chi connectivity index (χ0n) is 11.5. The number of nitrogen functional groups attached to an aromatic ring is 1. The smallest absolute Gasteiger partial charge is 0.337 e. The van der Waals surface area contributed by atoms with Crippen molar-refractivity contribution in [3.63, 3.8) is 0 Å². The lowest BCUT2D eigenvalue weighted by molar-refractivity contribution is -0.121. The number of carboxylic acid groups (broad SMARTS) is 1. The minimum Gasteiger partial charge on any atom is -0.478 e. The number of rotatable bonds is 7. The molecule has 1 amide bonds. The van der Waals surface area contributed by atoms with E-state index < -0.39 is 12.0 Å². The van der Waals surface area contributed by atoms with Gasteiger partial charge in [0.05, 0.1) is 12.2 Å². The second-order valence-electron chi connectivity index (χ2n) is 4.26. The van der Waals surface area contributed by atoms with Crippen molar-refractivity contribution in [3.8, 4) is 0 Å². The summed E-state index contributed by atoms with van der Waals surface area (Å²) in [5, 5.41) is 14.6. The van der Waals surface area contributed by atoms with E-state index in [-0.39, 0.29) is 17.2 Å². The Balaban J connectivity index is 2.66. The Bertz CT molecular complexity index is 491. The van der Waals surface area contributed by atoms with E-state index in [0.717, 1.165) is 0 Å². The Hall–Kier alpha value is -2.28. The molecule has 1 atom stereocenters. The molecule has 1 rings (SSSR count). The lowest BCUT2D eigenvalue weighted by Crippen LogP contribution is -2.39. The van der Waals surface area contributed by atoms with E-state index in [0.29, 0.717) is 18.8 Å². The number of aromatic carboxylic acids is 1. The van der Waals surface area contributed by atoms with Crippen LogP contribution < -0.4 is 16.4 Å². The van der Waals surface area contributed by atoms with Crippen LogP contribution in [0.15, 0.2) is 18.2 Å². The fourth-order valence-corrected chi connectivity index (χ4v) is 1.58. The molecule has 1 aromatic carbocycles. The highest BCUT2D eigenvalue weighted by atomic mass is 16.5. The van der Waals surface area contributed by atoms with Crippen molar-refractivity contribution in [2.24, 2.45) is 0 Å². The molecule has 0 aliphatic carbocycles. The van der Waals surface area contributed by atoms with Crippen LogP contribution in [-0.4, -0.2) is 43.3 Å². The Morgan fingerprint density at radius 3 is 2.75 bits per heavy atom. The lowest BCUT2D eigenvalue weighted by Gasteiger charge is -2.16. The van der Waals surface area contributed by atoms with E-state index in [2.05, 4.69) is 10.6 Å². The molecule has 0 saturated heterocycles. The van der Waals surface area contributed by atoms with Gasteiger partial charge in [-0.05, 0) is 25.1 Å². The van der Waals surface area contributed by atoms with Crippen molar-refractivity contribution in [3.05, 3.63) is 23.8 Å². The van der Waals surface area contributed by atoms with Crippen molar-refractivity contribution >= 4 is 23.3 Å². The van der Waals surface area contributed by atoms with E-state index in [1.807, 2.05) is 0 Å². The number of nitrogens with one attached hydrogen (secondary N) is 2. The minimum atomic E-state index is -1.11. The van der Waals surface area contributed by atoms with Gasteiger partial charge in [-0.2, -0.15) is 0 Å². The fourth-order valence-electron chi connectivity index (χ4n) is 1.58. The minimum absolute atomic E-state index is 0.00184. The van der Waals surface area contributed by atoms with Crippen LogP contribution in [0.4, 0.5) is 11.4 Å². The highest BCUT2D eigenvalue weighted by Crippen LogP contribution is 2.18. The summed E-state index contributed by atoms with van der Waals surface area (Å²) in [6.45, 7) is 2.53. The molecule has 1 unspecified atom stereocenters. The first-order chi connectivity index (χ1) is 9.45. The lowest BCUT2D eigenvalue weighted by atomic mass is 10.1. The van der Waals surface area contributed by atoms with Crippen molar-refractivity contribution in [2.75, 3.05) is 31.3 Å². The molecule has 7 nitrogen and oxygen atoms in total. The molecule has 0 fully saturated rings. The largest absolute Gasteiger partial charge is 0.478 e. The number of ether oxygens (including phenoxy) is 1. The van der Waals surface area contributed by atoms with Gasteiger partial charge in [-0.1, -0.05) is 0 Å². The predicted molar refractivity (Wildman–Crippen MR) is 75.8 cm³/mol. The topological polar surface area (TPSA) is 114 Å². The number of hydrogen-bond donors (Lipinski definition) is 4. The van der Waals surface area contributed by atoms with Crippen molar-refractivity contribution in [1.29, 1.82) is 0 Å². The average molecular weight is 281 g/mol. The molecule has 1 aromatic rings. The number of carbonyl (C=O) groups excluding carboxylic acids is 1. The summed E-state index contributed by atoms with van der Waals surface area (Å²) >= 11 is 0. The van der Waals surface area contributed by atoms with Gasteiger partial charge in [0, 0.05) is 25.0 Å². The van der Waals surface area contributed by atoms with Gasteiger partial charge in [-0.25, -0.2) is 4.79 Å². The summed E-state index contributed by atoms with van der Waals surface area (Å²) in [4.78, 5) is 22.7. The van der Waals surface area contributed by atoms with Crippen LogP contribution in [0.3, 0.4) is 0 Å². The summed E-state index contributed by atoms with van der Waals surface area (Å²) in [6.07, 6.45) is 0. The molecule has 0 bridgehead atoms. The molecule has 0 aliphatic rings. The Morgan fingerprint density at radius 1 is 1.45 bits per heavy atom. The van der Waals surface area contributed by atoms with E-state index in [4.69, 9.17) is 15.6 Å². The molecule has 110 valence electrons. The van der Waals surface area contributed by atoms with E-state index >= 15 is 0 Å². The first kappa shape index (κ1) is 15.8. The molecule has 0 aliphatic heterocycles. The second kappa shape index (κ2) is 7.34. The Morgan fingerprint density at radius 2 is 2.15 bits per heavy atom. The zero-order valence-corrected chi connectivity index (χ0v) is 11.5. The molecule has 0 spiro atoms. The third-order valence-corrected chi connectivity index (χ3v) is 2.67. The monoisotopic (exact) mass is 281 g/mol. The van der Waals surface area contributed by atoms with Crippen LogP contribution in [0.2, 0.25) is 0 Å². The van der Waals surface area contributed by atoms with Crippen molar-refractivity contribution in [1.82, 2.24) is 5.32 Å². The molecule has 20 heavy (non-hydrogen) atoms. The van der Waals surface area contributed by atoms with Gasteiger partial charge in [0.2, 0.25) is 5.91 Å². The van der Waals surface area contributed by atoms with Crippen molar-refractivity contribution in [2.45, 2.75) is 13.0 Å². The van der Waals surface area contributed by atoms with Gasteiger partial charge < -0.3 is 26.2 Å². The highest BCUT2D eigenvalue weighted by molar-refractivity contribution is 5.95. The Kier molecular flexibility index (Phi) is 5.79. The summed E-state index contributed by atoms with van der Waals surface area (Å²) < 4.78 is 4.83. The molecule has 0 aromatic heterocycles. The van der Waals surface area contributed by atoms with Gasteiger partial charge in [0.15, 0.2) is 0 Å². The van der Waals surface area contributed by atoms with E-state index in [1.165, 1.54) is 12.1 Å². The standard InChI is InChI=1S/C13H19N3O4/c1-8(12(17)15-5-6-20-2)16-9-3-4-11(14)10(7-9)13(18)19/h3-4,7-8,16H,5-6,14H2,1-2H3,(H,15,17)(H,18,19). The molecule has 0 saturated carbocycles. The SMILES string of the molecule is COCCNC(=O)C(C)Nc1ccc(N)c(C(=O)O)c1. The predicted octanol–water partition coefficient (Wildman–Crippen LogP) is 0.530. The maximum absolute atomic E-state index is 11.7. The molecule has 0 heterocycles. The third-order valence-electron chi connectivity index (χ3n) is 2.67. The number of amides is 1. The molecule has 5 N–H and O–H groups in total. The average Bonchev–Trinajstić information content (AvgIpc) is 2.40. The molecule has 0 radical (unpaired) electrons. The summed E-state index contributed by atoms with van der Waals surface area (Å²) in [5.74, 6) is -1.31. The first-order valence-electron chi connectivity index (χ1n) is 6.11. The van der Waals surface area contributed by atoms with Crippen molar-refractivity contribution < 1.29 is 19.4 Å². The quantitative estimate of drug-likeness (QED) is 0.428. The number of hydrogen-bond acceptors (Lipinski definition) is 5. The van der Waals surface area contributed by atoms with E-state index in [9.17, 15) is 9.59 Å². The van der Waals surface area contributed by atoms with Crippen LogP contribution in [-0.2, 0) is 9.53 Å². The van der Waals surface area contributed by atoms with Crippen LogP contribution >= 0.6 is 0 Å². The summed E-state index contributed by atoms with van der Waals surface area (Å²) in [6, 6.07) is 4.01. The summed E-state index contributed by atoms with van der Waals surface area (Å²) in [7, 11) is 1.55. The van der Waals surface area contributed by atoms with Crippen LogP contribution in [0.5, 0.6) is 0 Å². The number of anilines is 2. The maximum Gasteiger partial charge on any atom is 0.337 e. The first-order valence-corrected chi connectivity index (χ1v) is 6.11. The normalized spacial score (nSPS) is 11.7. The number of nitrogens with two attached hydrogens (primary N) is 1. The third kappa shape index (κ3) is 4.43. The van der Waals surface area contributed by atoms with Crippen LogP contribution in [0.1, 0.15) is 17.3 Å². The highest BCUT2D eigenvalue weighted by Gasteiger charge is 2.14. The number of carboxylic acids is 1. The summed E-state index contributed by atoms with van der Waals surface area (Å²) in [5.41, 5.74) is 6.26. The van der Waals surface area contributed by atoms with Crippen LogP contribution in [0, 0.1) is 0 Å². The molecular formula is C13H19N3O4. The Labute approximate surface area is 117 Å². The van der Waals surface area contributed by atoms with Gasteiger partial charge in [-0.3, -0.25) is 4.79 Å². The van der Waals surface area contributed by atoms with E-state index in [1.54, 1.807) is 20.1 Å². The van der Waals surface area contributed by atoms with Crippen LogP contribution in [0.25, 0.3) is 0 Å². The van der Waals surface area contributed by atoms with Gasteiger partial charge >= 0.3 is 5.97 Å². The van der Waals surface area contributed by atoms with Gasteiger partial charge in [0.1, 0.15) is 6.04 Å².